The molecule has 0 radical (unpaired) electrons. The monoisotopic (exact) mass is 258 g/mol. The van der Waals surface area contributed by atoms with Crippen LogP contribution in [-0.2, 0) is 4.79 Å². The highest BCUT2D eigenvalue weighted by atomic mass is 32.2. The fourth-order valence-corrected chi connectivity index (χ4v) is 3.19. The van der Waals surface area contributed by atoms with Crippen molar-refractivity contribution < 1.29 is 4.79 Å². The van der Waals surface area contributed by atoms with Crippen LogP contribution >= 0.6 is 11.8 Å². The lowest BCUT2D eigenvalue weighted by Gasteiger charge is -2.31. The number of amides is 1. The molecule has 3 atom stereocenters. The molecule has 0 aliphatic heterocycles. The van der Waals surface area contributed by atoms with Gasteiger partial charge in [-0.15, -0.1) is 0 Å². The molecular weight excluding hydrogens is 232 g/mol. The smallest absolute Gasteiger partial charge is 0.221 e. The standard InChI is InChI=1S/C13H26N2OS/c1-9(2)10(14)8-13(16)15-11-6-4-5-7-12(11)17-3/h9-12H,4-8,14H2,1-3H3,(H,15,16). The summed E-state index contributed by atoms with van der Waals surface area (Å²) in [5, 5.41) is 3.75. The van der Waals surface area contributed by atoms with Gasteiger partial charge in [0.05, 0.1) is 0 Å². The highest BCUT2D eigenvalue weighted by Crippen LogP contribution is 2.27. The zero-order valence-corrected chi connectivity index (χ0v) is 12.1. The van der Waals surface area contributed by atoms with Gasteiger partial charge in [-0.3, -0.25) is 4.79 Å². The van der Waals surface area contributed by atoms with E-state index in [0.717, 1.165) is 6.42 Å². The molecular formula is C13H26N2OS. The first-order valence-corrected chi connectivity index (χ1v) is 7.91. The van der Waals surface area contributed by atoms with E-state index in [2.05, 4.69) is 25.4 Å². The van der Waals surface area contributed by atoms with Crippen LogP contribution in [0.2, 0.25) is 0 Å². The van der Waals surface area contributed by atoms with E-state index < -0.39 is 0 Å². The van der Waals surface area contributed by atoms with E-state index >= 15 is 0 Å². The molecule has 17 heavy (non-hydrogen) atoms. The first-order chi connectivity index (χ1) is 8.04. The summed E-state index contributed by atoms with van der Waals surface area (Å²) in [5.74, 6) is 0.487. The van der Waals surface area contributed by atoms with Crippen molar-refractivity contribution in [1.82, 2.24) is 5.32 Å². The van der Waals surface area contributed by atoms with E-state index in [9.17, 15) is 4.79 Å². The first-order valence-electron chi connectivity index (χ1n) is 6.62. The summed E-state index contributed by atoms with van der Waals surface area (Å²) >= 11 is 1.88. The Morgan fingerprint density at radius 2 is 2.06 bits per heavy atom. The molecule has 0 heterocycles. The number of hydrogen-bond acceptors (Lipinski definition) is 3. The van der Waals surface area contributed by atoms with Crippen molar-refractivity contribution >= 4 is 17.7 Å². The zero-order chi connectivity index (χ0) is 12.8. The average molecular weight is 258 g/mol. The van der Waals surface area contributed by atoms with Gasteiger partial charge in [0, 0.05) is 23.8 Å². The highest BCUT2D eigenvalue weighted by Gasteiger charge is 2.26. The van der Waals surface area contributed by atoms with Crippen molar-refractivity contribution in [2.24, 2.45) is 11.7 Å². The van der Waals surface area contributed by atoms with E-state index in [1.54, 1.807) is 0 Å². The molecule has 3 unspecified atom stereocenters. The Hall–Kier alpha value is -0.220. The van der Waals surface area contributed by atoms with E-state index in [4.69, 9.17) is 5.73 Å². The fraction of sp³-hybridized carbons (Fsp3) is 0.923. The molecule has 1 fully saturated rings. The Morgan fingerprint density at radius 1 is 1.41 bits per heavy atom. The number of rotatable bonds is 5. The summed E-state index contributed by atoms with van der Waals surface area (Å²) in [6.45, 7) is 4.12. The molecule has 4 heteroatoms. The maximum Gasteiger partial charge on any atom is 0.221 e. The second kappa shape index (κ2) is 7.27. The normalized spacial score (nSPS) is 26.9. The van der Waals surface area contributed by atoms with Crippen LogP contribution in [0.4, 0.5) is 0 Å². The van der Waals surface area contributed by atoms with E-state index in [0.29, 0.717) is 23.6 Å². The molecule has 100 valence electrons. The van der Waals surface area contributed by atoms with Crippen LogP contribution in [0.3, 0.4) is 0 Å². The lowest BCUT2D eigenvalue weighted by Crippen LogP contribution is -2.45. The molecule has 1 amide bonds. The van der Waals surface area contributed by atoms with Gasteiger partial charge in [-0.05, 0) is 25.0 Å². The number of carbonyl (C=O) groups excluding carboxylic acids is 1. The van der Waals surface area contributed by atoms with Crippen LogP contribution in [-0.4, -0.2) is 29.5 Å². The molecule has 0 aromatic rings. The minimum atomic E-state index is -0.0219. The van der Waals surface area contributed by atoms with Crippen molar-refractivity contribution in [2.45, 2.75) is 63.3 Å². The maximum absolute atomic E-state index is 11.9. The lowest BCUT2D eigenvalue weighted by molar-refractivity contribution is -0.122. The molecule has 3 nitrogen and oxygen atoms in total. The third-order valence-electron chi connectivity index (χ3n) is 3.63. The van der Waals surface area contributed by atoms with Crippen molar-refractivity contribution in [1.29, 1.82) is 0 Å². The SMILES string of the molecule is CSC1CCCCC1NC(=O)CC(N)C(C)C. The first kappa shape index (κ1) is 14.8. The number of hydrogen-bond donors (Lipinski definition) is 2. The Morgan fingerprint density at radius 3 is 2.65 bits per heavy atom. The summed E-state index contributed by atoms with van der Waals surface area (Å²) in [7, 11) is 0. The van der Waals surface area contributed by atoms with Crippen molar-refractivity contribution in [3.63, 3.8) is 0 Å². The van der Waals surface area contributed by atoms with Gasteiger partial charge in [0.1, 0.15) is 0 Å². The van der Waals surface area contributed by atoms with Crippen LogP contribution in [0.1, 0.15) is 46.0 Å². The number of thioether (sulfide) groups is 1. The molecule has 1 aliphatic carbocycles. The van der Waals surface area contributed by atoms with E-state index in [-0.39, 0.29) is 11.9 Å². The predicted octanol–water partition coefficient (Wildman–Crippen LogP) is 2.15. The molecule has 0 spiro atoms. The zero-order valence-electron chi connectivity index (χ0n) is 11.2. The Kier molecular flexibility index (Phi) is 6.34. The van der Waals surface area contributed by atoms with Crippen LogP contribution in [0.25, 0.3) is 0 Å². The Labute approximate surface area is 109 Å². The second-order valence-corrected chi connectivity index (χ2v) is 6.42. The molecule has 3 N–H and O–H groups in total. The van der Waals surface area contributed by atoms with E-state index in [1.807, 2.05) is 11.8 Å². The van der Waals surface area contributed by atoms with Gasteiger partial charge in [-0.1, -0.05) is 26.7 Å². The summed E-state index contributed by atoms with van der Waals surface area (Å²) in [6.07, 6.45) is 7.46. The quantitative estimate of drug-likeness (QED) is 0.794. The Bertz CT molecular complexity index is 246. The summed E-state index contributed by atoms with van der Waals surface area (Å²) < 4.78 is 0. The van der Waals surface area contributed by atoms with Gasteiger partial charge in [-0.25, -0.2) is 0 Å². The fourth-order valence-electron chi connectivity index (χ4n) is 2.26. The topological polar surface area (TPSA) is 55.1 Å². The molecule has 0 aromatic heterocycles. The third kappa shape index (κ3) is 4.88. The van der Waals surface area contributed by atoms with Crippen LogP contribution in [0.15, 0.2) is 0 Å². The number of carbonyl (C=O) groups is 1. The van der Waals surface area contributed by atoms with Crippen LogP contribution < -0.4 is 11.1 Å². The summed E-state index contributed by atoms with van der Waals surface area (Å²) in [5.41, 5.74) is 5.92. The minimum absolute atomic E-state index is 0.0219. The van der Waals surface area contributed by atoms with Gasteiger partial charge in [-0.2, -0.15) is 11.8 Å². The summed E-state index contributed by atoms with van der Waals surface area (Å²) in [6, 6.07) is 0.330. The third-order valence-corrected chi connectivity index (χ3v) is 4.80. The molecule has 0 bridgehead atoms. The van der Waals surface area contributed by atoms with Crippen LogP contribution in [0, 0.1) is 5.92 Å². The van der Waals surface area contributed by atoms with Gasteiger partial charge < -0.3 is 11.1 Å². The van der Waals surface area contributed by atoms with Crippen LogP contribution in [0.5, 0.6) is 0 Å². The molecule has 0 saturated heterocycles. The van der Waals surface area contributed by atoms with Gasteiger partial charge in [0.2, 0.25) is 5.91 Å². The highest BCUT2D eigenvalue weighted by molar-refractivity contribution is 7.99. The van der Waals surface area contributed by atoms with Crippen molar-refractivity contribution in [3.8, 4) is 0 Å². The largest absolute Gasteiger partial charge is 0.352 e. The van der Waals surface area contributed by atoms with Gasteiger partial charge in [0.25, 0.3) is 0 Å². The summed E-state index contributed by atoms with van der Waals surface area (Å²) in [4.78, 5) is 11.9. The van der Waals surface area contributed by atoms with Crippen molar-refractivity contribution in [2.75, 3.05) is 6.26 Å². The lowest BCUT2D eigenvalue weighted by atomic mass is 9.94. The predicted molar refractivity (Wildman–Crippen MR) is 75.1 cm³/mol. The van der Waals surface area contributed by atoms with E-state index in [1.165, 1.54) is 19.3 Å². The average Bonchev–Trinajstić information content (AvgIpc) is 2.29. The van der Waals surface area contributed by atoms with Crippen molar-refractivity contribution in [3.05, 3.63) is 0 Å². The Balaban J connectivity index is 2.38. The minimum Gasteiger partial charge on any atom is -0.352 e. The van der Waals surface area contributed by atoms with Gasteiger partial charge >= 0.3 is 0 Å². The second-order valence-electron chi connectivity index (χ2n) is 5.34. The molecule has 0 aromatic carbocycles. The molecule has 1 aliphatic rings. The molecule has 1 saturated carbocycles. The van der Waals surface area contributed by atoms with Gasteiger partial charge in [0.15, 0.2) is 0 Å². The maximum atomic E-state index is 11.9. The number of nitrogens with two attached hydrogens (primary N) is 1. The number of nitrogens with one attached hydrogen (secondary N) is 1. The molecule has 1 rings (SSSR count).